The standard InChI is InChI=1S/C4H9NO2.2C4H9NO.2C3H9NO2S.C3H9N.7C2H4.3CH4/c1-5(2)4(6)7-3;2*1-4(6)5(2)3;2*1-4(2)7(3,5)6;1-4(2)3;7*1-2;;;/h1-3H3;2*1-3H3;2*1-3H3;1-3H3;7*1-2H2;3*1H4. The number of methoxy groups -OCH3 is 1. The Bertz CT molecular complexity index is 836. The molecule has 3 amide bonds. The van der Waals surface area contributed by atoms with Crippen molar-refractivity contribution in [3.05, 3.63) is 92.1 Å². The van der Waals surface area contributed by atoms with Crippen LogP contribution in [0.4, 0.5) is 4.79 Å². The quantitative estimate of drug-likeness (QED) is 0.263. The zero-order valence-corrected chi connectivity index (χ0v) is 37.8. The maximum atomic E-state index is 10.3. The molecule has 0 rings (SSSR count). The van der Waals surface area contributed by atoms with E-state index < -0.39 is 20.0 Å². The number of carbonyl (C=O) groups is 3. The minimum atomic E-state index is -2.91. The first-order valence-electron chi connectivity index (χ1n) is 14.1. The lowest BCUT2D eigenvalue weighted by molar-refractivity contribution is -0.127. The molecule has 54 heavy (non-hydrogen) atoms. The van der Waals surface area contributed by atoms with Crippen LogP contribution in [0.3, 0.4) is 0 Å². The number of carbonyl (C=O) groups excluding carboxylic acids is 3. The summed E-state index contributed by atoms with van der Waals surface area (Å²) >= 11 is 0. The smallest absolute Gasteiger partial charge is 0.408 e. The molecule has 0 aromatic heterocycles. The zero-order chi connectivity index (χ0) is 45.9. The largest absolute Gasteiger partial charge is 0.453 e. The lowest BCUT2D eigenvalue weighted by atomic mass is 10.7. The van der Waals surface area contributed by atoms with Gasteiger partial charge < -0.3 is 24.3 Å². The van der Waals surface area contributed by atoms with E-state index in [-0.39, 0.29) is 40.2 Å². The summed E-state index contributed by atoms with van der Waals surface area (Å²) < 4.78 is 47.6. The number of rotatable bonds is 2. The van der Waals surface area contributed by atoms with E-state index in [0.717, 1.165) is 21.1 Å². The maximum Gasteiger partial charge on any atom is 0.408 e. The van der Waals surface area contributed by atoms with Gasteiger partial charge in [-0.3, -0.25) is 9.59 Å². The molecule has 0 aliphatic heterocycles. The van der Waals surface area contributed by atoms with Crippen molar-refractivity contribution < 1.29 is 36.0 Å². The van der Waals surface area contributed by atoms with Gasteiger partial charge in [0.05, 0.1) is 19.6 Å². The molecule has 0 aromatic rings. The summed E-state index contributed by atoms with van der Waals surface area (Å²) in [7, 11) is 17.7. The molecule has 336 valence electrons. The Morgan fingerprint density at radius 2 is 0.500 bits per heavy atom. The van der Waals surface area contributed by atoms with Gasteiger partial charge >= 0.3 is 6.09 Å². The first-order valence-corrected chi connectivity index (χ1v) is 17.8. The average molecular weight is 827 g/mol. The fourth-order valence-corrected chi connectivity index (χ4v) is 0.183. The molecule has 0 saturated carbocycles. The zero-order valence-electron chi connectivity index (χ0n) is 36.2. The SMILES string of the molecule is C.C.C.C=C.C=C.C=C.C=C.C=C.C=C.C=C.CC(=O)N(C)C.CC(=O)N(C)C.CN(C)C.CN(C)S(C)(=O)=O.CN(C)S(C)(=O)=O.COC(=O)N(C)C. The van der Waals surface area contributed by atoms with Crippen LogP contribution >= 0.6 is 0 Å². The van der Waals surface area contributed by atoms with Crippen LogP contribution in [0.15, 0.2) is 92.1 Å². The van der Waals surface area contributed by atoms with Crippen molar-refractivity contribution in [3.63, 3.8) is 0 Å². The highest BCUT2D eigenvalue weighted by Crippen LogP contribution is 1.83. The molecule has 16 heteroatoms. The van der Waals surface area contributed by atoms with Gasteiger partial charge in [-0.25, -0.2) is 30.2 Å². The number of ether oxygens (including phenoxy) is 1. The lowest BCUT2D eigenvalue weighted by Gasteiger charge is -2.05. The van der Waals surface area contributed by atoms with Crippen LogP contribution in [0.1, 0.15) is 36.1 Å². The lowest BCUT2D eigenvalue weighted by Crippen LogP contribution is -2.20. The Labute approximate surface area is 340 Å². The van der Waals surface area contributed by atoms with Gasteiger partial charge in [0.15, 0.2) is 0 Å². The fourth-order valence-electron chi connectivity index (χ4n) is 0.183. The van der Waals surface area contributed by atoms with Gasteiger partial charge in [-0.2, -0.15) is 0 Å². The third-order valence-electron chi connectivity index (χ3n) is 3.13. The molecule has 0 aliphatic carbocycles. The van der Waals surface area contributed by atoms with Crippen molar-refractivity contribution in [2.24, 2.45) is 0 Å². The van der Waals surface area contributed by atoms with Crippen LogP contribution in [-0.4, -0.2) is 174 Å². The monoisotopic (exact) mass is 827 g/mol. The van der Waals surface area contributed by atoms with Crippen LogP contribution in [0.5, 0.6) is 0 Å². The van der Waals surface area contributed by atoms with Crippen molar-refractivity contribution >= 4 is 38.0 Å². The minimum absolute atomic E-state index is 0. The van der Waals surface area contributed by atoms with Crippen LogP contribution < -0.4 is 0 Å². The van der Waals surface area contributed by atoms with Gasteiger partial charge in [0, 0.05) is 84.3 Å². The molecule has 0 atom stereocenters. The highest BCUT2D eigenvalue weighted by Gasteiger charge is 2.01. The summed E-state index contributed by atoms with van der Waals surface area (Å²) in [5.41, 5.74) is 0. The van der Waals surface area contributed by atoms with E-state index >= 15 is 0 Å². The van der Waals surface area contributed by atoms with Crippen molar-refractivity contribution in [2.45, 2.75) is 36.1 Å². The molecule has 0 radical (unpaired) electrons. The van der Waals surface area contributed by atoms with Crippen LogP contribution in [0.25, 0.3) is 0 Å². The van der Waals surface area contributed by atoms with Gasteiger partial charge in [-0.15, -0.1) is 92.1 Å². The van der Waals surface area contributed by atoms with Crippen LogP contribution in [0.2, 0.25) is 0 Å². The summed E-state index contributed by atoms with van der Waals surface area (Å²) in [6, 6.07) is 0. The third kappa shape index (κ3) is 218. The summed E-state index contributed by atoms with van der Waals surface area (Å²) in [6.45, 7) is 45.1. The second-order valence-electron chi connectivity index (χ2n) is 8.62. The molecular weight excluding hydrogens is 733 g/mol. The van der Waals surface area contributed by atoms with Crippen molar-refractivity contribution in [1.82, 2.24) is 28.2 Å². The molecule has 0 N–H and O–H groups in total. The average Bonchev–Trinajstić information content (AvgIpc) is 3.07. The third-order valence-corrected chi connectivity index (χ3v) is 5.78. The van der Waals surface area contributed by atoms with Crippen molar-refractivity contribution in [1.29, 1.82) is 0 Å². The Hall–Kier alpha value is -3.83. The van der Waals surface area contributed by atoms with E-state index in [1.165, 1.54) is 63.8 Å². The van der Waals surface area contributed by atoms with Gasteiger partial charge in [0.1, 0.15) is 0 Å². The summed E-state index contributed by atoms with van der Waals surface area (Å²) in [6.07, 6.45) is 2.00. The molecule has 0 spiro atoms. The Kier molecular flexibility index (Phi) is 168. The summed E-state index contributed by atoms with van der Waals surface area (Å²) in [5, 5.41) is 0. The molecule has 14 nitrogen and oxygen atoms in total. The minimum Gasteiger partial charge on any atom is -0.453 e. The predicted octanol–water partition coefficient (Wildman–Crippen LogP) is 7.22. The number of amides is 3. The fraction of sp³-hybridized carbons (Fsp3) is 0.553. The first kappa shape index (κ1) is 104. The second kappa shape index (κ2) is 87.2. The molecule has 0 aromatic carbocycles. The number of nitrogens with zero attached hydrogens (tertiary/aromatic N) is 6. The maximum absolute atomic E-state index is 10.3. The van der Waals surface area contributed by atoms with Crippen LogP contribution in [-0.2, 0) is 34.4 Å². The van der Waals surface area contributed by atoms with Crippen molar-refractivity contribution in [3.8, 4) is 0 Å². The van der Waals surface area contributed by atoms with Gasteiger partial charge in [-0.1, -0.05) is 22.3 Å². The van der Waals surface area contributed by atoms with Crippen molar-refractivity contribution in [2.75, 3.05) is 111 Å². The van der Waals surface area contributed by atoms with E-state index in [1.807, 2.05) is 26.0 Å². The Balaban J connectivity index is -0.0000000213. The second-order valence-corrected chi connectivity index (χ2v) is 13.0. The molecule has 0 unspecified atom stereocenters. The molecule has 0 heterocycles. The molecule has 0 fully saturated rings. The predicted molar refractivity (Wildman–Crippen MR) is 250 cm³/mol. The number of sulfonamides is 2. The van der Waals surface area contributed by atoms with Crippen LogP contribution in [0, 0.1) is 0 Å². The molecule has 0 aliphatic rings. The molecular formula is C38H94N6O8S2. The van der Waals surface area contributed by atoms with Gasteiger partial charge in [-0.05, 0) is 21.1 Å². The normalized spacial score (nSPS) is 7.20. The highest BCUT2D eigenvalue weighted by atomic mass is 32.2. The highest BCUT2D eigenvalue weighted by molar-refractivity contribution is 7.88. The summed E-state index contributed by atoms with van der Waals surface area (Å²) in [5.74, 6) is 0.185. The van der Waals surface area contributed by atoms with E-state index in [1.54, 1.807) is 42.3 Å². The van der Waals surface area contributed by atoms with Gasteiger partial charge in [0.25, 0.3) is 0 Å². The summed E-state index contributed by atoms with van der Waals surface area (Å²) in [4.78, 5) is 36.8. The topological polar surface area (TPSA) is 148 Å². The van der Waals surface area contributed by atoms with Gasteiger partial charge in [0.2, 0.25) is 31.9 Å². The van der Waals surface area contributed by atoms with E-state index in [9.17, 15) is 31.2 Å². The van der Waals surface area contributed by atoms with E-state index in [4.69, 9.17) is 0 Å². The Morgan fingerprint density at radius 1 is 0.407 bits per heavy atom. The Morgan fingerprint density at radius 3 is 0.500 bits per heavy atom. The van der Waals surface area contributed by atoms with E-state index in [0.29, 0.717) is 0 Å². The first-order chi connectivity index (χ1) is 23.1. The molecule has 0 saturated heterocycles. The molecule has 0 bridgehead atoms. The number of hydrogen-bond acceptors (Lipinski definition) is 9. The number of hydrogen-bond donors (Lipinski definition) is 0. The van der Waals surface area contributed by atoms with E-state index in [2.05, 4.69) is 96.8 Å².